The van der Waals surface area contributed by atoms with E-state index in [0.717, 1.165) is 5.56 Å². The van der Waals surface area contributed by atoms with Crippen molar-refractivity contribution in [1.82, 2.24) is 20.6 Å². The van der Waals surface area contributed by atoms with Crippen LogP contribution in [0.3, 0.4) is 0 Å². The van der Waals surface area contributed by atoms with Crippen molar-refractivity contribution in [2.75, 3.05) is 0 Å². The molecule has 0 saturated heterocycles. The van der Waals surface area contributed by atoms with Gasteiger partial charge in [-0.15, -0.1) is 0 Å². The lowest BCUT2D eigenvalue weighted by Gasteiger charge is -2.14. The molecule has 4 N–H and O–H groups in total. The summed E-state index contributed by atoms with van der Waals surface area (Å²) in [6, 6.07) is 8.19. The van der Waals surface area contributed by atoms with Gasteiger partial charge in [0.1, 0.15) is 18.2 Å². The molecule has 0 aliphatic carbocycles. The maximum Gasteiger partial charge on any atom is 0.147 e. The van der Waals surface area contributed by atoms with Crippen LogP contribution in [-0.4, -0.2) is 15.2 Å². The molecular weight excluding hydrogens is 214 g/mol. The summed E-state index contributed by atoms with van der Waals surface area (Å²) >= 11 is 0. The fourth-order valence-electron chi connectivity index (χ4n) is 1.76. The molecule has 0 spiro atoms. The first-order valence-electron chi connectivity index (χ1n) is 5.63. The highest BCUT2D eigenvalue weighted by molar-refractivity contribution is 5.29. The highest BCUT2D eigenvalue weighted by Crippen LogP contribution is 2.21. The maximum atomic E-state index is 5.56. The monoisotopic (exact) mass is 231 g/mol. The highest BCUT2D eigenvalue weighted by atomic mass is 15.3. The van der Waals surface area contributed by atoms with Crippen LogP contribution in [0.2, 0.25) is 0 Å². The van der Waals surface area contributed by atoms with Crippen LogP contribution in [0.25, 0.3) is 0 Å². The number of nitrogens with one attached hydrogen (secondary N) is 2. The van der Waals surface area contributed by atoms with Crippen LogP contribution in [0, 0.1) is 0 Å². The smallest absolute Gasteiger partial charge is 0.147 e. The summed E-state index contributed by atoms with van der Waals surface area (Å²) in [5.41, 5.74) is 5.11. The third-order valence-corrected chi connectivity index (χ3v) is 2.81. The zero-order valence-corrected chi connectivity index (χ0v) is 10.0. The third kappa shape index (κ3) is 2.51. The average Bonchev–Trinajstić information content (AvgIpc) is 2.84. The molecule has 0 aliphatic rings. The number of hydrogen-bond donors (Lipinski definition) is 3. The van der Waals surface area contributed by atoms with Crippen molar-refractivity contribution < 1.29 is 0 Å². The second-order valence-corrected chi connectivity index (χ2v) is 4.29. The quantitative estimate of drug-likeness (QED) is 0.550. The Morgan fingerprint density at radius 1 is 1.18 bits per heavy atom. The predicted octanol–water partition coefficient (Wildman–Crippen LogP) is 1.48. The largest absolute Gasteiger partial charge is 0.270 e. The van der Waals surface area contributed by atoms with Crippen molar-refractivity contribution in [3.05, 3.63) is 47.5 Å². The molecule has 1 heterocycles. The van der Waals surface area contributed by atoms with Crippen molar-refractivity contribution >= 4 is 0 Å². The molecule has 0 fully saturated rings. The lowest BCUT2D eigenvalue weighted by atomic mass is 9.99. The fraction of sp³-hybridized carbons (Fsp3) is 0.333. The number of nitrogens with two attached hydrogens (primary N) is 1. The van der Waals surface area contributed by atoms with Gasteiger partial charge >= 0.3 is 0 Å². The fourth-order valence-corrected chi connectivity index (χ4v) is 1.76. The summed E-state index contributed by atoms with van der Waals surface area (Å²) in [7, 11) is 0. The van der Waals surface area contributed by atoms with Crippen molar-refractivity contribution in [1.29, 1.82) is 0 Å². The van der Waals surface area contributed by atoms with E-state index in [4.69, 9.17) is 5.84 Å². The van der Waals surface area contributed by atoms with Gasteiger partial charge in [0.2, 0.25) is 0 Å². The van der Waals surface area contributed by atoms with Gasteiger partial charge in [-0.2, -0.15) is 5.10 Å². The van der Waals surface area contributed by atoms with Crippen molar-refractivity contribution in [2.24, 2.45) is 5.84 Å². The number of benzene rings is 1. The molecule has 0 bridgehead atoms. The Morgan fingerprint density at radius 3 is 2.29 bits per heavy atom. The number of aromatic nitrogens is 3. The van der Waals surface area contributed by atoms with Gasteiger partial charge in [-0.3, -0.25) is 10.9 Å². The molecule has 90 valence electrons. The number of rotatable bonds is 4. The minimum Gasteiger partial charge on any atom is -0.270 e. The van der Waals surface area contributed by atoms with E-state index in [0.29, 0.717) is 11.7 Å². The highest BCUT2D eigenvalue weighted by Gasteiger charge is 2.15. The van der Waals surface area contributed by atoms with Crippen LogP contribution < -0.4 is 11.3 Å². The van der Waals surface area contributed by atoms with Gasteiger partial charge in [-0.25, -0.2) is 10.4 Å². The molecule has 5 nitrogen and oxygen atoms in total. The van der Waals surface area contributed by atoms with E-state index in [2.05, 4.69) is 58.7 Å². The molecule has 2 rings (SSSR count). The Hall–Kier alpha value is -1.72. The molecule has 1 aromatic heterocycles. The summed E-state index contributed by atoms with van der Waals surface area (Å²) in [5.74, 6) is 6.80. The molecule has 1 aromatic carbocycles. The van der Waals surface area contributed by atoms with Gasteiger partial charge in [0, 0.05) is 0 Å². The lowest BCUT2D eigenvalue weighted by Crippen LogP contribution is -2.29. The van der Waals surface area contributed by atoms with Crippen molar-refractivity contribution in [3.8, 4) is 0 Å². The first-order chi connectivity index (χ1) is 8.22. The zero-order valence-electron chi connectivity index (χ0n) is 10.0. The van der Waals surface area contributed by atoms with Gasteiger partial charge in [-0.1, -0.05) is 38.1 Å². The Morgan fingerprint density at radius 2 is 1.82 bits per heavy atom. The van der Waals surface area contributed by atoms with E-state index < -0.39 is 0 Å². The van der Waals surface area contributed by atoms with Crippen molar-refractivity contribution in [3.63, 3.8) is 0 Å². The Bertz CT molecular complexity index is 446. The Kier molecular flexibility index (Phi) is 3.51. The van der Waals surface area contributed by atoms with E-state index in [1.165, 1.54) is 11.9 Å². The van der Waals surface area contributed by atoms with Crippen LogP contribution in [0.15, 0.2) is 30.6 Å². The van der Waals surface area contributed by atoms with Gasteiger partial charge < -0.3 is 0 Å². The van der Waals surface area contributed by atoms with Gasteiger partial charge in [0.15, 0.2) is 0 Å². The van der Waals surface area contributed by atoms with Crippen LogP contribution in [0.4, 0.5) is 0 Å². The molecule has 2 aromatic rings. The van der Waals surface area contributed by atoms with E-state index in [1.54, 1.807) is 0 Å². The summed E-state index contributed by atoms with van der Waals surface area (Å²) in [5, 5.41) is 6.65. The van der Waals surface area contributed by atoms with Crippen LogP contribution in [0.5, 0.6) is 0 Å². The first-order valence-corrected chi connectivity index (χ1v) is 5.63. The topological polar surface area (TPSA) is 79.6 Å². The van der Waals surface area contributed by atoms with E-state index >= 15 is 0 Å². The van der Waals surface area contributed by atoms with E-state index in [-0.39, 0.29) is 6.04 Å². The van der Waals surface area contributed by atoms with Crippen LogP contribution >= 0.6 is 0 Å². The van der Waals surface area contributed by atoms with Gasteiger partial charge in [0.05, 0.1) is 0 Å². The number of hydrazine groups is 1. The molecule has 5 heteroatoms. The zero-order chi connectivity index (χ0) is 12.3. The maximum absolute atomic E-state index is 5.56. The lowest BCUT2D eigenvalue weighted by molar-refractivity contribution is 0.603. The molecule has 17 heavy (non-hydrogen) atoms. The number of H-pyrrole nitrogens is 1. The van der Waals surface area contributed by atoms with E-state index in [9.17, 15) is 0 Å². The Labute approximate surface area is 100 Å². The molecule has 0 saturated carbocycles. The molecular formula is C12H17N5. The number of aromatic amines is 1. The third-order valence-electron chi connectivity index (χ3n) is 2.81. The second-order valence-electron chi connectivity index (χ2n) is 4.29. The minimum absolute atomic E-state index is 0.154. The summed E-state index contributed by atoms with van der Waals surface area (Å²) in [4.78, 5) is 4.11. The van der Waals surface area contributed by atoms with Crippen LogP contribution in [0.1, 0.15) is 42.8 Å². The second kappa shape index (κ2) is 5.07. The molecule has 0 aliphatic heterocycles. The predicted molar refractivity (Wildman–Crippen MR) is 66.1 cm³/mol. The molecule has 0 radical (unpaired) electrons. The minimum atomic E-state index is -0.154. The summed E-state index contributed by atoms with van der Waals surface area (Å²) in [6.45, 7) is 4.34. The number of hydrogen-bond acceptors (Lipinski definition) is 4. The van der Waals surface area contributed by atoms with Gasteiger partial charge in [-0.05, 0) is 17.0 Å². The molecule has 0 amide bonds. The summed E-state index contributed by atoms with van der Waals surface area (Å²) in [6.07, 6.45) is 1.47. The van der Waals surface area contributed by atoms with E-state index in [1.807, 2.05) is 0 Å². The normalized spacial score (nSPS) is 12.9. The molecule has 1 atom stereocenters. The molecule has 1 unspecified atom stereocenters. The van der Waals surface area contributed by atoms with Gasteiger partial charge in [0.25, 0.3) is 0 Å². The Balaban J connectivity index is 2.26. The standard InChI is InChI=1S/C12H17N5/c1-8(2)9-3-5-10(6-4-9)11(16-13)12-14-7-15-17-12/h3-8,11,16H,13H2,1-2H3,(H,14,15,17). The number of nitrogens with zero attached hydrogens (tertiary/aromatic N) is 2. The van der Waals surface area contributed by atoms with Crippen LogP contribution in [-0.2, 0) is 0 Å². The van der Waals surface area contributed by atoms with Crippen molar-refractivity contribution in [2.45, 2.75) is 25.8 Å². The average molecular weight is 231 g/mol. The SMILES string of the molecule is CC(C)c1ccc(C(NN)c2ncn[nH]2)cc1. The summed E-state index contributed by atoms with van der Waals surface area (Å²) < 4.78 is 0. The first kappa shape index (κ1) is 11.8.